The molecule has 0 rings (SSSR count). The quantitative estimate of drug-likeness (QED) is 0.411. The average molecular weight is 303 g/mol. The number of hydrogen-bond donors (Lipinski definition) is 0. The first-order chi connectivity index (χ1) is 9.95. The van der Waals surface area contributed by atoms with E-state index in [0.717, 1.165) is 43.5 Å². The van der Waals surface area contributed by atoms with Crippen molar-refractivity contribution in [3.8, 4) is 0 Å². The van der Waals surface area contributed by atoms with Crippen molar-refractivity contribution in [1.82, 2.24) is 0 Å². The van der Waals surface area contributed by atoms with Crippen LogP contribution in [0.4, 0.5) is 0 Å². The summed E-state index contributed by atoms with van der Waals surface area (Å²) in [6.45, 7) is 13.9. The molecule has 4 nitrogen and oxygen atoms in total. The normalized spacial score (nSPS) is 10.9. The fraction of sp³-hybridized carbons (Fsp3) is 0.941. The molecule has 128 valence electrons. The Kier molecular flexibility index (Phi) is 17.0. The molecule has 0 aliphatic carbocycles. The van der Waals surface area contributed by atoms with Crippen molar-refractivity contribution >= 4 is 5.97 Å². The van der Waals surface area contributed by atoms with Gasteiger partial charge in [0.2, 0.25) is 0 Å². The molecule has 0 aromatic heterocycles. The second-order valence-electron chi connectivity index (χ2n) is 5.71. The van der Waals surface area contributed by atoms with Gasteiger partial charge in [0.25, 0.3) is 0 Å². The maximum absolute atomic E-state index is 9.92. The average Bonchev–Trinajstić information content (AvgIpc) is 2.47. The van der Waals surface area contributed by atoms with E-state index in [1.807, 2.05) is 6.92 Å². The smallest absolute Gasteiger partial charge is 0.102 e. The topological polar surface area (TPSA) is 49.4 Å². The summed E-state index contributed by atoms with van der Waals surface area (Å²) in [7, 11) is 2.28. The lowest BCUT2D eigenvalue weighted by Crippen LogP contribution is -2.45. The number of rotatable bonds is 12. The van der Waals surface area contributed by atoms with Crippen LogP contribution in [0, 0.1) is 0 Å². The lowest BCUT2D eigenvalue weighted by atomic mass is 10.1. The molecular weight excluding hydrogens is 266 g/mol. The number of quaternary nitrogens is 1. The molecule has 0 amide bonds. The molecular formula is C17H37NO3. The van der Waals surface area contributed by atoms with Gasteiger partial charge >= 0.3 is 0 Å². The largest absolute Gasteiger partial charge is 0.550 e. The number of aliphatic carboxylic acids is 1. The predicted molar refractivity (Wildman–Crippen MR) is 87.0 cm³/mol. The summed E-state index contributed by atoms with van der Waals surface area (Å²) >= 11 is 0. The Bertz CT molecular complexity index is 228. The van der Waals surface area contributed by atoms with Crippen LogP contribution in [0.15, 0.2) is 0 Å². The van der Waals surface area contributed by atoms with Gasteiger partial charge in [0.05, 0.1) is 26.7 Å². The predicted octanol–water partition coefficient (Wildman–Crippen LogP) is 2.61. The third kappa shape index (κ3) is 17.3. The fourth-order valence-electron chi connectivity index (χ4n) is 1.84. The van der Waals surface area contributed by atoms with Crippen LogP contribution in [-0.4, -0.2) is 50.3 Å². The molecule has 0 bridgehead atoms. The van der Waals surface area contributed by atoms with Crippen molar-refractivity contribution in [3.05, 3.63) is 0 Å². The van der Waals surface area contributed by atoms with Crippen molar-refractivity contribution in [2.75, 3.05) is 39.9 Å². The highest BCUT2D eigenvalue weighted by Gasteiger charge is 2.14. The zero-order valence-corrected chi connectivity index (χ0v) is 15.0. The number of carbonyl (C=O) groups excluding carboxylic acids is 1. The Morgan fingerprint density at radius 1 is 1.00 bits per heavy atom. The molecule has 0 N–H and O–H groups in total. The second-order valence-corrected chi connectivity index (χ2v) is 5.71. The van der Waals surface area contributed by atoms with Crippen molar-refractivity contribution in [2.45, 2.75) is 66.2 Å². The highest BCUT2D eigenvalue weighted by molar-refractivity contribution is 5.63. The summed E-state index contributed by atoms with van der Waals surface area (Å²) in [5.41, 5.74) is 0. The Morgan fingerprint density at radius 3 is 2.00 bits per heavy atom. The first-order valence-electron chi connectivity index (χ1n) is 8.56. The van der Waals surface area contributed by atoms with Crippen molar-refractivity contribution in [2.24, 2.45) is 0 Å². The van der Waals surface area contributed by atoms with Gasteiger partial charge in [-0.25, -0.2) is 0 Å². The van der Waals surface area contributed by atoms with Crippen LogP contribution >= 0.6 is 0 Å². The van der Waals surface area contributed by atoms with Gasteiger partial charge in [0.15, 0.2) is 0 Å². The number of carbonyl (C=O) groups is 1. The van der Waals surface area contributed by atoms with E-state index in [0.29, 0.717) is 0 Å². The van der Waals surface area contributed by atoms with Crippen molar-refractivity contribution < 1.29 is 19.1 Å². The molecule has 4 heteroatoms. The maximum Gasteiger partial charge on any atom is 0.102 e. The minimum absolute atomic E-state index is 0.226. The summed E-state index contributed by atoms with van der Waals surface area (Å²) in [6.07, 6.45) is 5.61. The van der Waals surface area contributed by atoms with E-state index >= 15 is 0 Å². The molecule has 21 heavy (non-hydrogen) atoms. The maximum atomic E-state index is 9.92. The summed E-state index contributed by atoms with van der Waals surface area (Å²) in [5, 5.41) is 9.92. The van der Waals surface area contributed by atoms with Crippen LogP contribution in [0.25, 0.3) is 0 Å². The molecule has 0 aromatic rings. The molecule has 0 aliphatic heterocycles. The van der Waals surface area contributed by atoms with E-state index < -0.39 is 5.97 Å². The van der Waals surface area contributed by atoms with Gasteiger partial charge in [0.1, 0.15) is 6.54 Å². The van der Waals surface area contributed by atoms with E-state index in [1.165, 1.54) is 25.9 Å². The zero-order valence-electron chi connectivity index (χ0n) is 15.0. The van der Waals surface area contributed by atoms with Gasteiger partial charge in [-0.05, 0) is 33.6 Å². The summed E-state index contributed by atoms with van der Waals surface area (Å²) < 4.78 is 6.44. The van der Waals surface area contributed by atoms with Crippen molar-refractivity contribution in [3.63, 3.8) is 0 Å². The molecule has 0 radical (unpaired) electrons. The van der Waals surface area contributed by atoms with Gasteiger partial charge < -0.3 is 19.1 Å². The molecule has 0 aromatic carbocycles. The van der Waals surface area contributed by atoms with Gasteiger partial charge in [0, 0.05) is 12.6 Å². The second kappa shape index (κ2) is 15.8. The highest BCUT2D eigenvalue weighted by Crippen LogP contribution is 2.03. The molecule has 0 saturated carbocycles. The van der Waals surface area contributed by atoms with Crippen LogP contribution in [0.3, 0.4) is 0 Å². The number of likely N-dealkylation sites (N-methyl/N-ethyl adjacent to an activating group) is 1. The van der Waals surface area contributed by atoms with Crippen molar-refractivity contribution in [1.29, 1.82) is 0 Å². The van der Waals surface area contributed by atoms with E-state index in [1.54, 1.807) is 0 Å². The van der Waals surface area contributed by atoms with E-state index in [4.69, 9.17) is 4.74 Å². The highest BCUT2D eigenvalue weighted by atomic mass is 16.5. The Balaban J connectivity index is 0. The molecule has 0 spiro atoms. The summed E-state index contributed by atoms with van der Waals surface area (Å²) in [6, 6.07) is 0. The van der Waals surface area contributed by atoms with Crippen LogP contribution < -0.4 is 5.11 Å². The minimum atomic E-state index is -0.920. The van der Waals surface area contributed by atoms with Crippen LogP contribution in [0.5, 0.6) is 0 Å². The first-order valence-corrected chi connectivity index (χ1v) is 8.56. The number of nitrogens with zero attached hydrogens (tertiary/aromatic N) is 1. The van der Waals surface area contributed by atoms with Crippen LogP contribution in [-0.2, 0) is 9.53 Å². The minimum Gasteiger partial charge on any atom is -0.550 e. The number of carboxylic acids is 1. The molecule has 0 atom stereocenters. The van der Waals surface area contributed by atoms with Crippen LogP contribution in [0.1, 0.15) is 66.2 Å². The molecule has 0 aliphatic rings. The number of carboxylic acid groups (broad SMARTS) is 1. The third-order valence-electron chi connectivity index (χ3n) is 3.99. The Morgan fingerprint density at radius 2 is 1.57 bits per heavy atom. The van der Waals surface area contributed by atoms with Gasteiger partial charge in [-0.3, -0.25) is 0 Å². The van der Waals surface area contributed by atoms with Gasteiger partial charge in [-0.15, -0.1) is 0 Å². The van der Waals surface area contributed by atoms with Gasteiger partial charge in [-0.1, -0.05) is 32.6 Å². The molecule has 0 heterocycles. The van der Waals surface area contributed by atoms with Gasteiger partial charge in [-0.2, -0.15) is 0 Å². The summed E-state index contributed by atoms with van der Waals surface area (Å²) in [5.74, 6) is -0.920. The number of hydrogen-bond acceptors (Lipinski definition) is 3. The zero-order chi connectivity index (χ0) is 16.6. The summed E-state index contributed by atoms with van der Waals surface area (Å²) in [4.78, 5) is 9.92. The van der Waals surface area contributed by atoms with E-state index in [2.05, 4.69) is 27.8 Å². The number of unbranched alkanes of at least 4 members (excludes halogenated alkanes) is 4. The first kappa shape index (κ1) is 22.7. The molecule has 0 fully saturated rings. The number of ether oxygens (including phenoxy) is 1. The molecule has 0 unspecified atom stereocenters. The fourth-order valence-corrected chi connectivity index (χ4v) is 1.84. The Hall–Kier alpha value is -0.610. The molecule has 0 saturated heterocycles. The van der Waals surface area contributed by atoms with E-state index in [-0.39, 0.29) is 6.42 Å². The van der Waals surface area contributed by atoms with Crippen LogP contribution in [0.2, 0.25) is 0 Å². The SMILES string of the molecule is CCCCCCCC(=O)[O-].CCOCC[N+](C)(CC)CC. The standard InChI is InChI=1S/C9H22NO.C8H16O2/c1-5-10(4,6-2)8-9-11-7-3;1-2-3-4-5-6-7-8(9)10/h5-9H2,1-4H3;2-7H2,1H3,(H,9,10)/q+1;/p-1. The Labute approximate surface area is 132 Å². The third-order valence-corrected chi connectivity index (χ3v) is 3.99. The lowest BCUT2D eigenvalue weighted by Gasteiger charge is -2.31. The van der Waals surface area contributed by atoms with E-state index in [9.17, 15) is 9.90 Å². The monoisotopic (exact) mass is 303 g/mol. The lowest BCUT2D eigenvalue weighted by molar-refractivity contribution is -0.906.